The maximum atomic E-state index is 10.5. The molecule has 0 saturated carbocycles. The fourth-order valence-corrected chi connectivity index (χ4v) is 1.69. The number of carbonyl (C=O) groups is 1. The van der Waals surface area contributed by atoms with Gasteiger partial charge in [0.1, 0.15) is 0 Å². The van der Waals surface area contributed by atoms with Crippen LogP contribution < -0.4 is 0 Å². The Kier molecular flexibility index (Phi) is 3.31. The molecule has 1 aliphatic rings. The lowest BCUT2D eigenvalue weighted by Gasteiger charge is -2.01. The zero-order valence-corrected chi connectivity index (χ0v) is 8.38. The third-order valence-corrected chi connectivity index (χ3v) is 2.27. The van der Waals surface area contributed by atoms with E-state index in [4.69, 9.17) is 5.11 Å². The lowest BCUT2D eigenvalue weighted by atomic mass is 10.0. The standard InChI is InChI=1S/C11H10O2.ClH/c12-11(13)7-9-6-5-8-3-1-2-4-10(8)9;/h1-4,6H,5,7H2,(H,12,13);1H. The van der Waals surface area contributed by atoms with Gasteiger partial charge in [0.05, 0.1) is 6.42 Å². The molecule has 0 fully saturated rings. The largest absolute Gasteiger partial charge is 0.481 e. The average Bonchev–Trinajstić information content (AvgIpc) is 2.48. The van der Waals surface area contributed by atoms with Crippen molar-refractivity contribution in [2.45, 2.75) is 12.8 Å². The first-order chi connectivity index (χ1) is 6.27. The smallest absolute Gasteiger partial charge is 0.307 e. The van der Waals surface area contributed by atoms with E-state index in [-0.39, 0.29) is 18.8 Å². The predicted octanol–water partition coefficient (Wildman–Crippen LogP) is 2.52. The minimum atomic E-state index is -0.761. The van der Waals surface area contributed by atoms with Crippen molar-refractivity contribution in [2.75, 3.05) is 0 Å². The molecule has 0 unspecified atom stereocenters. The molecule has 14 heavy (non-hydrogen) atoms. The molecule has 0 spiro atoms. The van der Waals surface area contributed by atoms with Crippen LogP contribution in [0.2, 0.25) is 0 Å². The van der Waals surface area contributed by atoms with Gasteiger partial charge >= 0.3 is 5.97 Å². The molecule has 0 saturated heterocycles. The number of halogens is 1. The molecule has 0 heterocycles. The van der Waals surface area contributed by atoms with Gasteiger partial charge in [-0.1, -0.05) is 30.3 Å². The van der Waals surface area contributed by atoms with Gasteiger partial charge in [-0.25, -0.2) is 0 Å². The van der Waals surface area contributed by atoms with Crippen LogP contribution in [0.1, 0.15) is 17.5 Å². The summed E-state index contributed by atoms with van der Waals surface area (Å²) in [6.07, 6.45) is 3.01. The van der Waals surface area contributed by atoms with E-state index in [1.807, 2.05) is 30.3 Å². The van der Waals surface area contributed by atoms with Crippen LogP contribution in [0.4, 0.5) is 0 Å². The number of hydrogen-bond donors (Lipinski definition) is 1. The van der Waals surface area contributed by atoms with Gasteiger partial charge in [0.25, 0.3) is 0 Å². The Labute approximate surface area is 88.7 Å². The number of rotatable bonds is 2. The van der Waals surface area contributed by atoms with E-state index in [9.17, 15) is 4.79 Å². The van der Waals surface area contributed by atoms with Gasteiger partial charge in [-0.2, -0.15) is 0 Å². The number of carboxylic acid groups (broad SMARTS) is 1. The summed E-state index contributed by atoms with van der Waals surface area (Å²) in [5.41, 5.74) is 3.28. The first kappa shape index (κ1) is 10.8. The molecule has 1 aromatic rings. The van der Waals surface area contributed by atoms with E-state index in [0.29, 0.717) is 0 Å². The molecule has 3 heteroatoms. The Balaban J connectivity index is 0.000000980. The Morgan fingerprint density at radius 3 is 2.79 bits per heavy atom. The number of hydrogen-bond acceptors (Lipinski definition) is 1. The SMILES string of the molecule is Cl.O=C(O)CC1=CCc2ccccc21. The summed E-state index contributed by atoms with van der Waals surface area (Å²) in [5, 5.41) is 8.66. The first-order valence-corrected chi connectivity index (χ1v) is 4.26. The van der Waals surface area contributed by atoms with E-state index in [2.05, 4.69) is 0 Å². The van der Waals surface area contributed by atoms with E-state index in [1.165, 1.54) is 5.56 Å². The van der Waals surface area contributed by atoms with Crippen molar-refractivity contribution in [3.63, 3.8) is 0 Å². The molecule has 0 radical (unpaired) electrons. The van der Waals surface area contributed by atoms with Crippen molar-refractivity contribution >= 4 is 23.9 Å². The Morgan fingerprint density at radius 1 is 1.36 bits per heavy atom. The number of aliphatic carboxylic acids is 1. The second-order valence-corrected chi connectivity index (χ2v) is 3.16. The third-order valence-electron chi connectivity index (χ3n) is 2.27. The van der Waals surface area contributed by atoms with Crippen LogP contribution >= 0.6 is 12.4 Å². The van der Waals surface area contributed by atoms with Crippen molar-refractivity contribution in [3.8, 4) is 0 Å². The molecule has 1 aliphatic carbocycles. The average molecular weight is 211 g/mol. The van der Waals surface area contributed by atoms with Gasteiger partial charge in [0.15, 0.2) is 0 Å². The second-order valence-electron chi connectivity index (χ2n) is 3.16. The monoisotopic (exact) mass is 210 g/mol. The summed E-state index contributed by atoms with van der Waals surface area (Å²) in [6, 6.07) is 7.95. The summed E-state index contributed by atoms with van der Waals surface area (Å²) in [5.74, 6) is -0.761. The van der Waals surface area contributed by atoms with Gasteiger partial charge < -0.3 is 5.11 Å². The molecule has 74 valence electrons. The highest BCUT2D eigenvalue weighted by Gasteiger charge is 2.14. The van der Waals surface area contributed by atoms with E-state index in [0.717, 1.165) is 17.6 Å². The topological polar surface area (TPSA) is 37.3 Å². The van der Waals surface area contributed by atoms with E-state index < -0.39 is 5.97 Å². The van der Waals surface area contributed by atoms with Crippen molar-refractivity contribution in [1.82, 2.24) is 0 Å². The lowest BCUT2D eigenvalue weighted by Crippen LogP contribution is -1.95. The van der Waals surface area contributed by atoms with Crippen molar-refractivity contribution in [3.05, 3.63) is 41.5 Å². The predicted molar refractivity (Wildman–Crippen MR) is 57.6 cm³/mol. The van der Waals surface area contributed by atoms with E-state index >= 15 is 0 Å². The minimum Gasteiger partial charge on any atom is -0.481 e. The summed E-state index contributed by atoms with van der Waals surface area (Å²) < 4.78 is 0. The molecule has 2 nitrogen and oxygen atoms in total. The van der Waals surface area contributed by atoms with Crippen LogP contribution in [0.15, 0.2) is 30.3 Å². The fraction of sp³-hybridized carbons (Fsp3) is 0.182. The van der Waals surface area contributed by atoms with Gasteiger partial charge in [0, 0.05) is 0 Å². The lowest BCUT2D eigenvalue weighted by molar-refractivity contribution is -0.135. The van der Waals surface area contributed by atoms with Crippen LogP contribution in [0.5, 0.6) is 0 Å². The molecular formula is C11H11ClO2. The van der Waals surface area contributed by atoms with Crippen molar-refractivity contribution in [1.29, 1.82) is 0 Å². The molecule has 2 rings (SSSR count). The molecule has 0 bridgehead atoms. The molecule has 0 aromatic heterocycles. The third kappa shape index (κ3) is 1.96. The zero-order valence-electron chi connectivity index (χ0n) is 7.56. The Hall–Kier alpha value is -1.28. The van der Waals surface area contributed by atoms with Gasteiger partial charge in [-0.05, 0) is 23.1 Å². The Bertz CT molecular complexity index is 383. The summed E-state index contributed by atoms with van der Waals surface area (Å²) in [4.78, 5) is 10.5. The van der Waals surface area contributed by atoms with Crippen LogP contribution in [0.3, 0.4) is 0 Å². The van der Waals surface area contributed by atoms with Crippen LogP contribution in [0, 0.1) is 0 Å². The molecule has 0 aliphatic heterocycles. The number of carboxylic acids is 1. The number of benzene rings is 1. The Morgan fingerprint density at radius 2 is 2.07 bits per heavy atom. The highest BCUT2D eigenvalue weighted by Crippen LogP contribution is 2.29. The quantitative estimate of drug-likeness (QED) is 0.815. The molecule has 1 N–H and O–H groups in total. The van der Waals surface area contributed by atoms with E-state index in [1.54, 1.807) is 0 Å². The van der Waals surface area contributed by atoms with Crippen molar-refractivity contribution < 1.29 is 9.90 Å². The highest BCUT2D eigenvalue weighted by atomic mass is 35.5. The highest BCUT2D eigenvalue weighted by molar-refractivity contribution is 5.86. The second kappa shape index (κ2) is 4.29. The summed E-state index contributed by atoms with van der Waals surface area (Å²) >= 11 is 0. The minimum absolute atomic E-state index is 0. The molecule has 0 atom stereocenters. The van der Waals surface area contributed by atoms with Crippen LogP contribution in [0.25, 0.3) is 5.57 Å². The summed E-state index contributed by atoms with van der Waals surface area (Å²) in [6.45, 7) is 0. The van der Waals surface area contributed by atoms with Gasteiger partial charge in [-0.3, -0.25) is 4.79 Å². The number of allylic oxidation sites excluding steroid dienone is 1. The van der Waals surface area contributed by atoms with Crippen LogP contribution in [-0.2, 0) is 11.2 Å². The van der Waals surface area contributed by atoms with Gasteiger partial charge in [-0.15, -0.1) is 12.4 Å². The molecular weight excluding hydrogens is 200 g/mol. The number of fused-ring (bicyclic) bond motifs is 1. The maximum absolute atomic E-state index is 10.5. The molecule has 0 amide bonds. The zero-order chi connectivity index (χ0) is 9.26. The van der Waals surface area contributed by atoms with Crippen molar-refractivity contribution in [2.24, 2.45) is 0 Å². The maximum Gasteiger partial charge on any atom is 0.307 e. The molecule has 1 aromatic carbocycles. The van der Waals surface area contributed by atoms with Gasteiger partial charge in [0.2, 0.25) is 0 Å². The van der Waals surface area contributed by atoms with Crippen LogP contribution in [-0.4, -0.2) is 11.1 Å². The summed E-state index contributed by atoms with van der Waals surface area (Å²) in [7, 11) is 0. The fourth-order valence-electron chi connectivity index (χ4n) is 1.69. The normalized spacial score (nSPS) is 12.7. The first-order valence-electron chi connectivity index (χ1n) is 4.26.